The fraction of sp³-hybridized carbons (Fsp3) is 0.412. The lowest BCUT2D eigenvalue weighted by atomic mass is 10.1. The van der Waals surface area contributed by atoms with Crippen molar-refractivity contribution in [2.75, 3.05) is 29.4 Å². The van der Waals surface area contributed by atoms with Crippen LogP contribution in [0.25, 0.3) is 0 Å². The van der Waals surface area contributed by atoms with E-state index in [1.54, 1.807) is 11.0 Å². The summed E-state index contributed by atoms with van der Waals surface area (Å²) in [6, 6.07) is 9.82. The van der Waals surface area contributed by atoms with E-state index in [0.717, 1.165) is 36.1 Å². The van der Waals surface area contributed by atoms with Crippen molar-refractivity contribution in [3.8, 4) is 0 Å². The Morgan fingerprint density at radius 1 is 1.27 bits per heavy atom. The molecule has 0 bridgehead atoms. The van der Waals surface area contributed by atoms with Crippen molar-refractivity contribution in [3.05, 3.63) is 41.8 Å². The molecule has 1 aromatic heterocycles. The molecule has 0 spiro atoms. The normalized spacial score (nSPS) is 17.5. The van der Waals surface area contributed by atoms with Gasteiger partial charge in [0.2, 0.25) is 5.76 Å². The highest BCUT2D eigenvalue weighted by molar-refractivity contribution is 6.06. The number of aromatic nitrogens is 1. The molecule has 114 valence electrons. The second kappa shape index (κ2) is 5.16. The molecule has 1 aromatic carbocycles. The molecule has 0 atom stereocenters. The third kappa shape index (κ3) is 2.36. The van der Waals surface area contributed by atoms with Crippen LogP contribution < -0.4 is 9.80 Å². The average Bonchev–Trinajstić information content (AvgIpc) is 3.25. The van der Waals surface area contributed by atoms with Crippen LogP contribution in [0.4, 0.5) is 11.4 Å². The maximum absolute atomic E-state index is 12.7. The van der Waals surface area contributed by atoms with E-state index in [0.29, 0.717) is 12.3 Å². The summed E-state index contributed by atoms with van der Waals surface area (Å²) in [6.45, 7) is 4.47. The molecule has 0 radical (unpaired) electrons. The van der Waals surface area contributed by atoms with E-state index in [1.165, 1.54) is 12.8 Å². The molecule has 2 aromatic rings. The first kappa shape index (κ1) is 13.4. The maximum Gasteiger partial charge on any atom is 0.297 e. The molecule has 2 aliphatic rings. The van der Waals surface area contributed by atoms with E-state index < -0.39 is 0 Å². The van der Waals surface area contributed by atoms with E-state index in [2.05, 4.69) is 16.1 Å². The maximum atomic E-state index is 12.7. The first-order valence-electron chi connectivity index (χ1n) is 7.81. The molecular formula is C17H19N3O2. The van der Waals surface area contributed by atoms with Gasteiger partial charge in [-0.05, 0) is 37.8 Å². The summed E-state index contributed by atoms with van der Waals surface area (Å²) in [7, 11) is 0. The number of nitrogens with zero attached hydrogens (tertiary/aromatic N) is 3. The number of aryl methyl sites for hydroxylation is 1. The molecule has 22 heavy (non-hydrogen) atoms. The number of amides is 1. The first-order valence-corrected chi connectivity index (χ1v) is 7.81. The molecule has 5 heteroatoms. The lowest BCUT2D eigenvalue weighted by Gasteiger charge is -2.37. The minimum Gasteiger partial charge on any atom is -0.368 e. The zero-order chi connectivity index (χ0) is 15.1. The summed E-state index contributed by atoms with van der Waals surface area (Å²) >= 11 is 0. The van der Waals surface area contributed by atoms with Crippen LogP contribution in [0.15, 0.2) is 34.9 Å². The van der Waals surface area contributed by atoms with Crippen LogP contribution >= 0.6 is 0 Å². The van der Waals surface area contributed by atoms with Gasteiger partial charge in [-0.2, -0.15) is 0 Å². The Bertz CT molecular complexity index is 705. The van der Waals surface area contributed by atoms with E-state index in [4.69, 9.17) is 4.52 Å². The lowest BCUT2D eigenvalue weighted by molar-refractivity contribution is 0.0951. The van der Waals surface area contributed by atoms with Crippen molar-refractivity contribution in [1.29, 1.82) is 0 Å². The van der Waals surface area contributed by atoms with Gasteiger partial charge < -0.3 is 14.3 Å². The molecule has 0 saturated heterocycles. The van der Waals surface area contributed by atoms with Crippen LogP contribution in [-0.2, 0) is 0 Å². The number of hydrogen-bond donors (Lipinski definition) is 0. The van der Waals surface area contributed by atoms with E-state index >= 15 is 0 Å². The highest BCUT2D eigenvalue weighted by Crippen LogP contribution is 2.37. The smallest absolute Gasteiger partial charge is 0.297 e. The van der Waals surface area contributed by atoms with Gasteiger partial charge in [0.1, 0.15) is 0 Å². The number of rotatable bonds is 3. The summed E-state index contributed by atoms with van der Waals surface area (Å²) in [5.41, 5.74) is 2.84. The van der Waals surface area contributed by atoms with Crippen molar-refractivity contribution < 1.29 is 9.32 Å². The quantitative estimate of drug-likeness (QED) is 0.874. The molecule has 1 fully saturated rings. The highest BCUT2D eigenvalue weighted by Gasteiger charge is 2.32. The number of carbonyl (C=O) groups is 1. The monoisotopic (exact) mass is 297 g/mol. The molecule has 1 aliphatic carbocycles. The second-order valence-electron chi connectivity index (χ2n) is 6.17. The third-order valence-electron chi connectivity index (χ3n) is 4.37. The van der Waals surface area contributed by atoms with Crippen LogP contribution in [-0.4, -0.2) is 30.7 Å². The second-order valence-corrected chi connectivity index (χ2v) is 6.17. The Hall–Kier alpha value is -2.30. The number of anilines is 2. The zero-order valence-corrected chi connectivity index (χ0v) is 12.7. The fourth-order valence-corrected chi connectivity index (χ4v) is 3.03. The van der Waals surface area contributed by atoms with E-state index in [9.17, 15) is 4.79 Å². The van der Waals surface area contributed by atoms with Gasteiger partial charge in [-0.15, -0.1) is 0 Å². The van der Waals surface area contributed by atoms with Crippen LogP contribution in [0, 0.1) is 12.8 Å². The Balaban J connectivity index is 1.64. The third-order valence-corrected chi connectivity index (χ3v) is 4.37. The number of hydrogen-bond acceptors (Lipinski definition) is 4. The molecule has 0 N–H and O–H groups in total. The number of benzene rings is 1. The Labute approximate surface area is 129 Å². The standard InChI is InChI=1S/C17H19N3O2/c1-12-10-16(22-18-12)17(21)20-9-8-19(11-13-6-7-13)14-4-2-3-5-15(14)20/h2-5,10,13H,6-9,11H2,1H3. The molecule has 4 rings (SSSR count). The van der Waals surface area contributed by atoms with Crippen LogP contribution in [0.3, 0.4) is 0 Å². The fourth-order valence-electron chi connectivity index (χ4n) is 3.03. The van der Waals surface area contributed by atoms with E-state index in [-0.39, 0.29) is 5.91 Å². The van der Waals surface area contributed by atoms with Crippen molar-refractivity contribution in [1.82, 2.24) is 5.16 Å². The van der Waals surface area contributed by atoms with Crippen LogP contribution in [0.5, 0.6) is 0 Å². The summed E-state index contributed by atoms with van der Waals surface area (Å²) in [5.74, 6) is 1.02. The molecule has 2 heterocycles. The molecule has 1 saturated carbocycles. The van der Waals surface area contributed by atoms with Gasteiger partial charge in [-0.25, -0.2) is 0 Å². The largest absolute Gasteiger partial charge is 0.368 e. The molecule has 1 amide bonds. The number of para-hydroxylation sites is 2. The van der Waals surface area contributed by atoms with E-state index in [1.807, 2.05) is 25.1 Å². The van der Waals surface area contributed by atoms with Crippen molar-refractivity contribution in [2.45, 2.75) is 19.8 Å². The SMILES string of the molecule is Cc1cc(C(=O)N2CCN(CC3CC3)c3ccccc32)on1. The van der Waals surface area contributed by atoms with Crippen molar-refractivity contribution >= 4 is 17.3 Å². The van der Waals surface area contributed by atoms with Gasteiger partial charge in [0.15, 0.2) is 0 Å². The predicted octanol–water partition coefficient (Wildman–Crippen LogP) is 2.86. The first-order chi connectivity index (χ1) is 10.7. The van der Waals surface area contributed by atoms with Crippen LogP contribution in [0.1, 0.15) is 29.1 Å². The van der Waals surface area contributed by atoms with Gasteiger partial charge in [-0.1, -0.05) is 17.3 Å². The molecule has 5 nitrogen and oxygen atoms in total. The summed E-state index contributed by atoms with van der Waals surface area (Å²) in [4.78, 5) is 16.9. The summed E-state index contributed by atoms with van der Waals surface area (Å²) < 4.78 is 5.14. The average molecular weight is 297 g/mol. The Kier molecular flexibility index (Phi) is 3.13. The number of fused-ring (bicyclic) bond motifs is 1. The highest BCUT2D eigenvalue weighted by atomic mass is 16.5. The Morgan fingerprint density at radius 2 is 2.05 bits per heavy atom. The molecule has 1 aliphatic heterocycles. The molecule has 0 unspecified atom stereocenters. The predicted molar refractivity (Wildman–Crippen MR) is 84.3 cm³/mol. The van der Waals surface area contributed by atoms with Crippen molar-refractivity contribution in [3.63, 3.8) is 0 Å². The van der Waals surface area contributed by atoms with Gasteiger partial charge in [-0.3, -0.25) is 4.79 Å². The van der Waals surface area contributed by atoms with Crippen molar-refractivity contribution in [2.24, 2.45) is 5.92 Å². The Morgan fingerprint density at radius 3 is 2.73 bits per heavy atom. The van der Waals surface area contributed by atoms with Gasteiger partial charge in [0.05, 0.1) is 17.1 Å². The summed E-state index contributed by atoms with van der Waals surface area (Å²) in [5, 5.41) is 3.82. The topological polar surface area (TPSA) is 49.6 Å². The number of carbonyl (C=O) groups excluding carboxylic acids is 1. The molecular weight excluding hydrogens is 278 g/mol. The van der Waals surface area contributed by atoms with Gasteiger partial charge in [0, 0.05) is 25.7 Å². The van der Waals surface area contributed by atoms with Gasteiger partial charge >= 0.3 is 0 Å². The summed E-state index contributed by atoms with van der Waals surface area (Å²) in [6.07, 6.45) is 2.66. The zero-order valence-electron chi connectivity index (χ0n) is 12.7. The van der Waals surface area contributed by atoms with Crippen LogP contribution in [0.2, 0.25) is 0 Å². The minimum atomic E-state index is -0.112. The lowest BCUT2D eigenvalue weighted by Crippen LogP contribution is -2.44. The van der Waals surface area contributed by atoms with Gasteiger partial charge in [0.25, 0.3) is 5.91 Å². The minimum absolute atomic E-state index is 0.112.